The molecule has 4 fully saturated rings. The van der Waals surface area contributed by atoms with Gasteiger partial charge < -0.3 is 19.3 Å². The highest BCUT2D eigenvalue weighted by atomic mass is 16.5. The predicted molar refractivity (Wildman–Crippen MR) is 89.7 cm³/mol. The Morgan fingerprint density at radius 3 is 2.85 bits per heavy atom. The van der Waals surface area contributed by atoms with Gasteiger partial charge >= 0.3 is 5.97 Å². The lowest BCUT2D eigenvalue weighted by Crippen LogP contribution is -2.49. The van der Waals surface area contributed by atoms with Crippen LogP contribution in [0.4, 0.5) is 0 Å². The van der Waals surface area contributed by atoms with Crippen molar-refractivity contribution in [3.63, 3.8) is 0 Å². The zero-order valence-corrected chi connectivity index (χ0v) is 14.6. The van der Waals surface area contributed by atoms with Gasteiger partial charge in [0, 0.05) is 24.9 Å². The van der Waals surface area contributed by atoms with Gasteiger partial charge in [-0.3, -0.25) is 4.40 Å². The molecule has 2 bridgehead atoms. The Hall–Kier alpha value is -2.19. The molecule has 2 saturated heterocycles. The summed E-state index contributed by atoms with van der Waals surface area (Å²) in [6.07, 6.45) is 8.19. The molecule has 0 atom stereocenters. The average Bonchev–Trinajstić information content (AvgIpc) is 3.20. The third kappa shape index (κ3) is 2.25. The molecule has 2 aliphatic carbocycles. The van der Waals surface area contributed by atoms with Gasteiger partial charge in [0.05, 0.1) is 24.5 Å². The smallest absolute Gasteiger partial charge is 0.342 e. The Morgan fingerprint density at radius 2 is 2.19 bits per heavy atom. The largest absolute Gasteiger partial charge is 0.477 e. The molecule has 6 rings (SSSR count). The Labute approximate surface area is 150 Å². The van der Waals surface area contributed by atoms with Gasteiger partial charge in [-0.25, -0.2) is 9.78 Å². The molecular weight excluding hydrogens is 338 g/mol. The molecule has 0 aromatic carbocycles. The monoisotopic (exact) mass is 359 g/mol. The van der Waals surface area contributed by atoms with Crippen LogP contribution in [-0.2, 0) is 14.9 Å². The molecule has 8 heteroatoms. The van der Waals surface area contributed by atoms with E-state index in [1.807, 2.05) is 6.20 Å². The zero-order chi connectivity index (χ0) is 17.9. The quantitative estimate of drug-likeness (QED) is 0.840. The first-order chi connectivity index (χ1) is 12.5. The van der Waals surface area contributed by atoms with Crippen LogP contribution in [0, 0.1) is 0 Å². The molecule has 4 heterocycles. The highest BCUT2D eigenvalue weighted by molar-refractivity contribution is 5.90. The molecule has 4 aliphatic rings. The number of carboxylic acids is 1. The maximum Gasteiger partial charge on any atom is 0.342 e. The van der Waals surface area contributed by atoms with Crippen LogP contribution in [0.15, 0.2) is 12.4 Å². The van der Waals surface area contributed by atoms with E-state index in [2.05, 4.69) is 9.97 Å². The van der Waals surface area contributed by atoms with E-state index in [9.17, 15) is 9.90 Å². The van der Waals surface area contributed by atoms with Crippen molar-refractivity contribution in [3.8, 4) is 5.88 Å². The van der Waals surface area contributed by atoms with Crippen molar-refractivity contribution in [1.29, 1.82) is 0 Å². The summed E-state index contributed by atoms with van der Waals surface area (Å²) in [7, 11) is 1.68. The fraction of sp³-hybridized carbons (Fsp3) is 0.611. The molecule has 0 unspecified atom stereocenters. The van der Waals surface area contributed by atoms with Crippen LogP contribution >= 0.6 is 0 Å². The summed E-state index contributed by atoms with van der Waals surface area (Å²) < 4.78 is 18.7. The van der Waals surface area contributed by atoms with Crippen LogP contribution < -0.4 is 4.74 Å². The number of imidazole rings is 1. The van der Waals surface area contributed by atoms with Gasteiger partial charge in [0.2, 0.25) is 11.7 Å². The average molecular weight is 359 g/mol. The van der Waals surface area contributed by atoms with E-state index in [4.69, 9.17) is 14.2 Å². The van der Waals surface area contributed by atoms with Crippen LogP contribution in [0.25, 0.3) is 5.78 Å². The number of ether oxygens (including phenoxy) is 3. The number of methoxy groups -OCH3 is 1. The van der Waals surface area contributed by atoms with Gasteiger partial charge in [0.1, 0.15) is 11.7 Å². The lowest BCUT2D eigenvalue weighted by atomic mass is 9.61. The van der Waals surface area contributed by atoms with E-state index in [0.29, 0.717) is 19.0 Å². The highest BCUT2D eigenvalue weighted by Crippen LogP contribution is 2.58. The molecule has 2 saturated carbocycles. The molecule has 2 aliphatic heterocycles. The van der Waals surface area contributed by atoms with Crippen molar-refractivity contribution in [2.45, 2.75) is 49.2 Å². The Bertz CT molecular complexity index is 882. The first-order valence-corrected chi connectivity index (χ1v) is 8.96. The van der Waals surface area contributed by atoms with Crippen LogP contribution in [0.2, 0.25) is 0 Å². The van der Waals surface area contributed by atoms with Crippen molar-refractivity contribution >= 4 is 11.7 Å². The van der Waals surface area contributed by atoms with Gasteiger partial charge in [-0.2, -0.15) is 4.98 Å². The Kier molecular flexibility index (Phi) is 3.33. The van der Waals surface area contributed by atoms with Crippen molar-refractivity contribution < 1.29 is 24.1 Å². The van der Waals surface area contributed by atoms with E-state index in [-0.39, 0.29) is 28.6 Å². The second kappa shape index (κ2) is 5.40. The molecule has 2 aromatic heterocycles. The van der Waals surface area contributed by atoms with Crippen LogP contribution in [-0.4, -0.2) is 57.5 Å². The number of aromatic carboxylic acids is 1. The summed E-state index contributed by atoms with van der Waals surface area (Å²) in [5, 5.41) is 9.51. The molecule has 0 spiro atoms. The minimum atomic E-state index is -1.05. The summed E-state index contributed by atoms with van der Waals surface area (Å²) in [6.45, 7) is 1.19. The molecule has 138 valence electrons. The summed E-state index contributed by atoms with van der Waals surface area (Å²) in [5.74, 6) is -0.423. The summed E-state index contributed by atoms with van der Waals surface area (Å²) >= 11 is 0. The fourth-order valence-corrected chi connectivity index (χ4v) is 4.38. The van der Waals surface area contributed by atoms with Crippen LogP contribution in [0.3, 0.4) is 0 Å². The highest BCUT2D eigenvalue weighted by Gasteiger charge is 2.64. The normalized spacial score (nSPS) is 30.2. The van der Waals surface area contributed by atoms with E-state index >= 15 is 0 Å². The lowest BCUT2D eigenvalue weighted by Gasteiger charge is -2.43. The zero-order valence-electron chi connectivity index (χ0n) is 14.6. The molecule has 26 heavy (non-hydrogen) atoms. The second-order valence-corrected chi connectivity index (χ2v) is 7.81. The van der Waals surface area contributed by atoms with E-state index < -0.39 is 5.97 Å². The lowest BCUT2D eigenvalue weighted by molar-refractivity contribution is -0.0614. The number of hydrogen-bond donors (Lipinski definition) is 1. The van der Waals surface area contributed by atoms with Gasteiger partial charge in [-0.1, -0.05) is 0 Å². The standard InChI is InChI=1S/C18H21N3O5/c1-24-10-18-7-17(8-18,9-25-18)13-6-21-5-12(15(22)23)14(20-16(21)19-13)26-11-3-2-4-11/h5-6,11H,2-4,7-10H2,1H3,(H,22,23). The molecular formula is C18H21N3O5. The van der Waals surface area contributed by atoms with Crippen molar-refractivity contribution in [2.75, 3.05) is 20.3 Å². The van der Waals surface area contributed by atoms with Gasteiger partial charge in [-0.05, 0) is 32.1 Å². The van der Waals surface area contributed by atoms with E-state index in [0.717, 1.165) is 37.8 Å². The second-order valence-electron chi connectivity index (χ2n) is 7.81. The summed E-state index contributed by atoms with van der Waals surface area (Å²) in [5.41, 5.74) is 0.648. The van der Waals surface area contributed by atoms with E-state index in [1.54, 1.807) is 17.7 Å². The van der Waals surface area contributed by atoms with Gasteiger partial charge in [0.15, 0.2) is 0 Å². The van der Waals surface area contributed by atoms with Crippen molar-refractivity contribution in [1.82, 2.24) is 14.4 Å². The van der Waals surface area contributed by atoms with Crippen molar-refractivity contribution in [3.05, 3.63) is 23.7 Å². The SMILES string of the molecule is COCC12CC(c3cn4cc(C(=O)O)c(OC5CCC5)nc4n3)(CO1)C2. The number of aromatic nitrogens is 3. The molecule has 0 amide bonds. The van der Waals surface area contributed by atoms with Gasteiger partial charge in [-0.15, -0.1) is 0 Å². The maximum absolute atomic E-state index is 11.6. The first kappa shape index (κ1) is 16.0. The molecule has 1 N–H and O–H groups in total. The third-order valence-corrected chi connectivity index (χ3v) is 5.90. The number of nitrogens with zero attached hydrogens (tertiary/aromatic N) is 3. The van der Waals surface area contributed by atoms with Gasteiger partial charge in [0.25, 0.3) is 0 Å². The molecule has 0 radical (unpaired) electrons. The van der Waals surface area contributed by atoms with Crippen LogP contribution in [0.1, 0.15) is 48.2 Å². The first-order valence-electron chi connectivity index (χ1n) is 8.96. The Morgan fingerprint density at radius 1 is 1.38 bits per heavy atom. The molecule has 8 nitrogen and oxygen atoms in total. The topological polar surface area (TPSA) is 95.2 Å². The number of carboxylic acid groups (broad SMARTS) is 1. The van der Waals surface area contributed by atoms with Crippen molar-refractivity contribution in [2.24, 2.45) is 0 Å². The summed E-state index contributed by atoms with van der Waals surface area (Å²) in [6, 6.07) is 0. The fourth-order valence-electron chi connectivity index (χ4n) is 4.38. The minimum absolute atomic E-state index is 0.0561. The third-order valence-electron chi connectivity index (χ3n) is 5.90. The number of fused-ring (bicyclic) bond motifs is 2. The van der Waals surface area contributed by atoms with Crippen LogP contribution in [0.5, 0.6) is 5.88 Å². The summed E-state index contributed by atoms with van der Waals surface area (Å²) in [4.78, 5) is 20.7. The predicted octanol–water partition coefficient (Wildman–Crippen LogP) is 1.81. The maximum atomic E-state index is 11.6. The number of carbonyl (C=O) groups is 1. The minimum Gasteiger partial charge on any atom is -0.477 e. The Balaban J connectivity index is 1.49. The molecule has 2 aromatic rings. The number of rotatable bonds is 6. The number of hydrogen-bond acceptors (Lipinski definition) is 6. The van der Waals surface area contributed by atoms with E-state index in [1.165, 1.54) is 0 Å².